The highest BCUT2D eigenvalue weighted by Gasteiger charge is 2.19. The van der Waals surface area contributed by atoms with Gasteiger partial charge in [0.05, 0.1) is 29.6 Å². The van der Waals surface area contributed by atoms with Crippen LogP contribution >= 0.6 is 11.3 Å². The summed E-state index contributed by atoms with van der Waals surface area (Å²) < 4.78 is 5.35. The first-order chi connectivity index (χ1) is 12.2. The fourth-order valence-electron chi connectivity index (χ4n) is 2.85. The van der Waals surface area contributed by atoms with Crippen LogP contribution in [0.5, 0.6) is 0 Å². The molecule has 25 heavy (non-hydrogen) atoms. The largest absolute Gasteiger partial charge is 0.476 e. The molecule has 2 N–H and O–H groups in total. The van der Waals surface area contributed by atoms with Crippen LogP contribution in [0, 0.1) is 0 Å². The summed E-state index contributed by atoms with van der Waals surface area (Å²) in [5.74, 6) is -1.03. The van der Waals surface area contributed by atoms with E-state index in [0.29, 0.717) is 31.0 Å². The maximum atomic E-state index is 11.2. The number of nitrogens with zero attached hydrogens (tertiary/aromatic N) is 2. The zero-order valence-corrected chi connectivity index (χ0v) is 14.4. The van der Waals surface area contributed by atoms with E-state index in [2.05, 4.69) is 15.2 Å². The molecule has 1 unspecified atom stereocenters. The Morgan fingerprint density at radius 3 is 2.72 bits per heavy atom. The number of aromatic nitrogens is 1. The molecule has 3 rings (SSSR count). The first kappa shape index (κ1) is 17.5. The molecule has 0 saturated carbocycles. The number of benzene rings is 1. The van der Waals surface area contributed by atoms with Gasteiger partial charge in [-0.3, -0.25) is 9.69 Å². The zero-order valence-electron chi connectivity index (χ0n) is 13.6. The van der Waals surface area contributed by atoms with Crippen molar-refractivity contribution in [3.8, 4) is 10.4 Å². The third-order valence-electron chi connectivity index (χ3n) is 4.16. The molecule has 2 aromatic rings. The van der Waals surface area contributed by atoms with Crippen LogP contribution in [0.15, 0.2) is 29.8 Å². The number of hydrogen-bond donors (Lipinski definition) is 2. The van der Waals surface area contributed by atoms with Gasteiger partial charge < -0.3 is 15.2 Å². The third kappa shape index (κ3) is 4.22. The van der Waals surface area contributed by atoms with Crippen molar-refractivity contribution < 1.29 is 19.4 Å². The molecule has 1 fully saturated rings. The second-order valence-corrected chi connectivity index (χ2v) is 6.56. The fraction of sp³-hybridized carbons (Fsp3) is 0.353. The normalized spacial score (nSPS) is 16.3. The van der Waals surface area contributed by atoms with E-state index < -0.39 is 5.97 Å². The summed E-state index contributed by atoms with van der Waals surface area (Å²) in [6.07, 6.45) is 0.713. The van der Waals surface area contributed by atoms with Crippen molar-refractivity contribution >= 4 is 23.7 Å². The van der Waals surface area contributed by atoms with Crippen molar-refractivity contribution in [2.24, 2.45) is 0 Å². The van der Waals surface area contributed by atoms with Gasteiger partial charge >= 0.3 is 5.97 Å². The van der Waals surface area contributed by atoms with Crippen molar-refractivity contribution in [1.29, 1.82) is 0 Å². The van der Waals surface area contributed by atoms with E-state index in [9.17, 15) is 14.7 Å². The maximum absolute atomic E-state index is 11.2. The second kappa shape index (κ2) is 8.19. The zero-order chi connectivity index (χ0) is 17.6. The molecule has 8 heteroatoms. The molecule has 1 amide bonds. The average molecular weight is 361 g/mol. The van der Waals surface area contributed by atoms with Gasteiger partial charge in [0.25, 0.3) is 0 Å². The quantitative estimate of drug-likeness (QED) is 0.728. The van der Waals surface area contributed by atoms with E-state index in [-0.39, 0.29) is 11.7 Å². The summed E-state index contributed by atoms with van der Waals surface area (Å²) in [6.45, 7) is 3.81. The minimum absolute atomic E-state index is 0.0635. The minimum atomic E-state index is -1.03. The van der Waals surface area contributed by atoms with E-state index in [1.54, 1.807) is 0 Å². The van der Waals surface area contributed by atoms with Gasteiger partial charge in [0.2, 0.25) is 6.41 Å². The highest BCUT2D eigenvalue weighted by atomic mass is 32.1. The number of rotatable bonds is 7. The summed E-state index contributed by atoms with van der Waals surface area (Å²) in [5, 5.41) is 12.1. The first-order valence-corrected chi connectivity index (χ1v) is 8.84. The van der Waals surface area contributed by atoms with Crippen molar-refractivity contribution in [3.05, 3.63) is 41.0 Å². The Bertz CT molecular complexity index is 726. The first-order valence-electron chi connectivity index (χ1n) is 7.96. The van der Waals surface area contributed by atoms with E-state index in [0.717, 1.165) is 24.2 Å². The predicted molar refractivity (Wildman–Crippen MR) is 93.7 cm³/mol. The lowest BCUT2D eigenvalue weighted by molar-refractivity contribution is -0.110. The van der Waals surface area contributed by atoms with Crippen LogP contribution in [-0.2, 0) is 9.53 Å². The number of morpholine rings is 1. The van der Waals surface area contributed by atoms with Crippen LogP contribution in [0.25, 0.3) is 10.4 Å². The van der Waals surface area contributed by atoms with Crippen LogP contribution in [0.2, 0.25) is 0 Å². The number of thiazole rings is 1. The van der Waals surface area contributed by atoms with Crippen molar-refractivity contribution in [2.75, 3.05) is 32.8 Å². The van der Waals surface area contributed by atoms with Crippen LogP contribution in [0.3, 0.4) is 0 Å². The van der Waals surface area contributed by atoms with Gasteiger partial charge in [-0.2, -0.15) is 0 Å². The number of carbonyl (C=O) groups is 2. The molecule has 1 aliphatic rings. The number of amides is 1. The van der Waals surface area contributed by atoms with Crippen molar-refractivity contribution in [1.82, 2.24) is 15.2 Å². The van der Waals surface area contributed by atoms with E-state index >= 15 is 0 Å². The lowest BCUT2D eigenvalue weighted by atomic mass is 10.0. The van der Waals surface area contributed by atoms with Gasteiger partial charge in [-0.1, -0.05) is 24.3 Å². The third-order valence-corrected chi connectivity index (χ3v) is 5.03. The molecule has 2 heterocycles. The summed E-state index contributed by atoms with van der Waals surface area (Å²) >= 11 is 1.30. The molecule has 0 radical (unpaired) electrons. The van der Waals surface area contributed by atoms with Gasteiger partial charge in [-0.15, -0.1) is 11.3 Å². The molecule has 0 spiro atoms. The molecule has 0 aliphatic carbocycles. The fourth-order valence-corrected chi connectivity index (χ4v) is 3.64. The van der Waals surface area contributed by atoms with Crippen LogP contribution in [0.1, 0.15) is 22.1 Å². The predicted octanol–water partition coefficient (Wildman–Crippen LogP) is 1.63. The molecule has 1 saturated heterocycles. The number of carboxylic acids is 1. The molecular formula is C17H19N3O4S. The molecule has 7 nitrogen and oxygen atoms in total. The van der Waals surface area contributed by atoms with Gasteiger partial charge in [0, 0.05) is 19.6 Å². The molecule has 1 aliphatic heterocycles. The number of carboxylic acid groups (broad SMARTS) is 1. The Balaban J connectivity index is 1.77. The minimum Gasteiger partial charge on any atom is -0.476 e. The van der Waals surface area contributed by atoms with Gasteiger partial charge in [0.15, 0.2) is 5.69 Å². The highest BCUT2D eigenvalue weighted by molar-refractivity contribution is 7.13. The Kier molecular flexibility index (Phi) is 5.75. The smallest absolute Gasteiger partial charge is 0.356 e. The average Bonchev–Trinajstić information content (AvgIpc) is 3.12. The number of nitrogens with one attached hydrogen (secondary N) is 1. The highest BCUT2D eigenvalue weighted by Crippen LogP contribution is 2.29. The Hall–Kier alpha value is -2.29. The van der Waals surface area contributed by atoms with Gasteiger partial charge in [-0.25, -0.2) is 9.78 Å². The van der Waals surface area contributed by atoms with Crippen LogP contribution in [-0.4, -0.2) is 60.2 Å². The van der Waals surface area contributed by atoms with Crippen molar-refractivity contribution in [3.63, 3.8) is 0 Å². The monoisotopic (exact) mass is 361 g/mol. The van der Waals surface area contributed by atoms with Crippen LogP contribution < -0.4 is 5.32 Å². The van der Waals surface area contributed by atoms with E-state index in [4.69, 9.17) is 4.74 Å². The number of hydrogen-bond acceptors (Lipinski definition) is 6. The molecule has 1 aromatic carbocycles. The Labute approximate surface area is 149 Å². The standard InChI is InChI=1S/C17H19N3O4S/c21-10-18-14(9-20-5-7-24-8-6-20)12-1-3-13(4-2-12)16-15(17(22)23)19-11-25-16/h1-4,10-11,14H,5-9H2,(H,18,21)(H,22,23). The van der Waals surface area contributed by atoms with Crippen LogP contribution in [0.4, 0.5) is 0 Å². The Morgan fingerprint density at radius 1 is 1.36 bits per heavy atom. The number of ether oxygens (including phenoxy) is 1. The van der Waals surface area contributed by atoms with Gasteiger partial charge in [0.1, 0.15) is 0 Å². The topological polar surface area (TPSA) is 91.8 Å². The molecule has 132 valence electrons. The molecular weight excluding hydrogens is 342 g/mol. The lowest BCUT2D eigenvalue weighted by Crippen LogP contribution is -2.41. The van der Waals surface area contributed by atoms with Gasteiger partial charge in [-0.05, 0) is 11.1 Å². The summed E-state index contributed by atoms with van der Waals surface area (Å²) in [6, 6.07) is 7.46. The number of aromatic carboxylic acids is 1. The SMILES string of the molecule is O=CNC(CN1CCOCC1)c1ccc(-c2scnc2C(=O)O)cc1. The maximum Gasteiger partial charge on any atom is 0.356 e. The molecule has 0 bridgehead atoms. The Morgan fingerprint density at radius 2 is 2.08 bits per heavy atom. The molecule has 1 aromatic heterocycles. The second-order valence-electron chi connectivity index (χ2n) is 5.71. The lowest BCUT2D eigenvalue weighted by Gasteiger charge is -2.30. The van der Waals surface area contributed by atoms with Crippen molar-refractivity contribution in [2.45, 2.75) is 6.04 Å². The summed E-state index contributed by atoms with van der Waals surface area (Å²) in [7, 11) is 0. The summed E-state index contributed by atoms with van der Waals surface area (Å²) in [4.78, 5) is 29.0. The van der Waals surface area contributed by atoms with E-state index in [1.165, 1.54) is 16.8 Å². The van der Waals surface area contributed by atoms with E-state index in [1.807, 2.05) is 24.3 Å². The number of carbonyl (C=O) groups excluding carboxylic acids is 1. The molecule has 1 atom stereocenters. The summed E-state index contributed by atoms with van der Waals surface area (Å²) in [5.41, 5.74) is 3.37.